The quantitative estimate of drug-likeness (QED) is 0.736. The lowest BCUT2D eigenvalue weighted by molar-refractivity contribution is 0.195. The molecule has 2 N–H and O–H groups in total. The van der Waals surface area contributed by atoms with Crippen LogP contribution in [-0.4, -0.2) is 34.2 Å². The number of hydrogen-bond acceptors (Lipinski definition) is 5. The van der Waals surface area contributed by atoms with Crippen molar-refractivity contribution < 1.29 is 4.52 Å². The van der Waals surface area contributed by atoms with E-state index >= 15 is 0 Å². The van der Waals surface area contributed by atoms with Gasteiger partial charge in [0.25, 0.3) is 0 Å². The third-order valence-corrected chi connectivity index (χ3v) is 2.48. The fourth-order valence-corrected chi connectivity index (χ4v) is 1.84. The number of likely N-dealkylation sites (tertiary alicyclic amines) is 1. The Morgan fingerprint density at radius 2 is 2.50 bits per heavy atom. The van der Waals surface area contributed by atoms with Gasteiger partial charge in [-0.3, -0.25) is 4.90 Å². The third kappa shape index (κ3) is 2.30. The first-order valence-electron chi connectivity index (χ1n) is 5.01. The first-order valence-corrected chi connectivity index (χ1v) is 5.01. The highest BCUT2D eigenvalue weighted by Crippen LogP contribution is 2.10. The van der Waals surface area contributed by atoms with Crippen LogP contribution in [0.5, 0.6) is 0 Å². The molecule has 0 aromatic carbocycles. The van der Waals surface area contributed by atoms with E-state index in [1.807, 2.05) is 0 Å². The highest BCUT2D eigenvalue weighted by atomic mass is 16.5. The third-order valence-electron chi connectivity index (χ3n) is 2.48. The van der Waals surface area contributed by atoms with Crippen LogP contribution < -0.4 is 5.73 Å². The molecule has 1 atom stereocenters. The second-order valence-electron chi connectivity index (χ2n) is 3.87. The summed E-state index contributed by atoms with van der Waals surface area (Å²) in [5.74, 6) is 1.39. The Balaban J connectivity index is 1.90. The lowest BCUT2D eigenvalue weighted by Gasteiger charge is -2.29. The topological polar surface area (TPSA) is 68.2 Å². The van der Waals surface area contributed by atoms with Crippen molar-refractivity contribution in [2.45, 2.75) is 32.4 Å². The second-order valence-corrected chi connectivity index (χ2v) is 3.87. The van der Waals surface area contributed by atoms with Crippen molar-refractivity contribution in [2.24, 2.45) is 5.73 Å². The van der Waals surface area contributed by atoms with Crippen LogP contribution in [0, 0.1) is 6.92 Å². The first-order chi connectivity index (χ1) is 6.74. The second kappa shape index (κ2) is 4.06. The summed E-state index contributed by atoms with van der Waals surface area (Å²) in [7, 11) is 0. The number of hydrogen-bond donors (Lipinski definition) is 1. The van der Waals surface area contributed by atoms with Gasteiger partial charge < -0.3 is 10.3 Å². The molecule has 0 spiro atoms. The molecular weight excluding hydrogens is 180 g/mol. The van der Waals surface area contributed by atoms with E-state index in [9.17, 15) is 0 Å². The Hall–Kier alpha value is -0.940. The average Bonchev–Trinajstić information content (AvgIpc) is 2.51. The summed E-state index contributed by atoms with van der Waals surface area (Å²) < 4.78 is 4.91. The van der Waals surface area contributed by atoms with Gasteiger partial charge in [0.1, 0.15) is 0 Å². The van der Waals surface area contributed by atoms with Gasteiger partial charge in [-0.2, -0.15) is 4.98 Å². The predicted octanol–water partition coefficient (Wildman–Crippen LogP) is 0.301. The van der Waals surface area contributed by atoms with Crippen LogP contribution in [0.25, 0.3) is 0 Å². The smallest absolute Gasteiger partial charge is 0.223 e. The number of aryl methyl sites for hydroxylation is 1. The molecular formula is C9H16N4O. The number of piperidine rings is 1. The van der Waals surface area contributed by atoms with Crippen LogP contribution in [0.15, 0.2) is 4.52 Å². The van der Waals surface area contributed by atoms with Gasteiger partial charge in [-0.15, -0.1) is 0 Å². The predicted molar refractivity (Wildman–Crippen MR) is 51.5 cm³/mol. The minimum atomic E-state index is 0.303. The molecule has 0 unspecified atom stereocenters. The van der Waals surface area contributed by atoms with Crippen molar-refractivity contribution in [2.75, 3.05) is 13.1 Å². The fraction of sp³-hybridized carbons (Fsp3) is 0.778. The van der Waals surface area contributed by atoms with Gasteiger partial charge in [0.2, 0.25) is 5.89 Å². The lowest BCUT2D eigenvalue weighted by Crippen LogP contribution is -2.42. The molecule has 0 saturated carbocycles. The summed E-state index contributed by atoms with van der Waals surface area (Å²) >= 11 is 0. The molecule has 78 valence electrons. The number of nitrogens with zero attached hydrogens (tertiary/aromatic N) is 3. The van der Waals surface area contributed by atoms with Gasteiger partial charge in [0.05, 0.1) is 6.54 Å². The summed E-state index contributed by atoms with van der Waals surface area (Å²) in [4.78, 5) is 6.45. The maximum absolute atomic E-state index is 5.88. The zero-order chi connectivity index (χ0) is 9.97. The average molecular weight is 196 g/mol. The van der Waals surface area contributed by atoms with Crippen molar-refractivity contribution in [1.29, 1.82) is 0 Å². The van der Waals surface area contributed by atoms with E-state index < -0.39 is 0 Å². The maximum Gasteiger partial charge on any atom is 0.223 e. The normalized spacial score (nSPS) is 24.0. The van der Waals surface area contributed by atoms with Crippen molar-refractivity contribution in [3.05, 3.63) is 11.7 Å². The van der Waals surface area contributed by atoms with Gasteiger partial charge in [-0.25, -0.2) is 0 Å². The van der Waals surface area contributed by atoms with Gasteiger partial charge in [-0.1, -0.05) is 5.16 Å². The van der Waals surface area contributed by atoms with Crippen molar-refractivity contribution in [1.82, 2.24) is 15.0 Å². The van der Waals surface area contributed by atoms with Crippen LogP contribution in [0.4, 0.5) is 0 Å². The molecule has 1 aliphatic heterocycles. The summed E-state index contributed by atoms with van der Waals surface area (Å²) in [5.41, 5.74) is 5.88. The zero-order valence-electron chi connectivity index (χ0n) is 8.44. The Labute approximate surface area is 83.3 Å². The minimum absolute atomic E-state index is 0.303. The number of aromatic nitrogens is 2. The molecule has 2 rings (SSSR count). The molecule has 0 amide bonds. The van der Waals surface area contributed by atoms with E-state index in [1.165, 1.54) is 0 Å². The lowest BCUT2D eigenvalue weighted by atomic mass is 10.1. The highest BCUT2D eigenvalue weighted by Gasteiger charge is 2.18. The zero-order valence-corrected chi connectivity index (χ0v) is 8.44. The standard InChI is InChI=1S/C9H16N4O/c1-7-11-9(12-14-7)6-13-4-2-3-8(10)5-13/h8H,2-6,10H2,1H3/t8-/m1/s1. The molecule has 1 aromatic heterocycles. The van der Waals surface area contributed by atoms with E-state index in [1.54, 1.807) is 6.92 Å². The van der Waals surface area contributed by atoms with E-state index in [-0.39, 0.29) is 0 Å². The van der Waals surface area contributed by atoms with Gasteiger partial charge in [0.15, 0.2) is 5.82 Å². The largest absolute Gasteiger partial charge is 0.340 e. The van der Waals surface area contributed by atoms with E-state index in [0.717, 1.165) is 38.3 Å². The minimum Gasteiger partial charge on any atom is -0.340 e. The SMILES string of the molecule is Cc1nc(CN2CCC[C@@H](N)C2)no1. The molecule has 1 aliphatic rings. The van der Waals surface area contributed by atoms with Crippen LogP contribution in [0.2, 0.25) is 0 Å². The molecule has 2 heterocycles. The fourth-order valence-electron chi connectivity index (χ4n) is 1.84. The van der Waals surface area contributed by atoms with Crippen molar-refractivity contribution in [3.8, 4) is 0 Å². The molecule has 0 radical (unpaired) electrons. The van der Waals surface area contributed by atoms with Crippen LogP contribution >= 0.6 is 0 Å². The molecule has 1 saturated heterocycles. The van der Waals surface area contributed by atoms with Gasteiger partial charge in [0, 0.05) is 19.5 Å². The first kappa shape index (κ1) is 9.61. The maximum atomic E-state index is 5.88. The molecule has 5 nitrogen and oxygen atoms in total. The van der Waals surface area contributed by atoms with E-state index in [0.29, 0.717) is 11.9 Å². The number of rotatable bonds is 2. The summed E-state index contributed by atoms with van der Waals surface area (Å²) in [6, 6.07) is 0.303. The summed E-state index contributed by atoms with van der Waals surface area (Å²) in [6.45, 7) is 4.58. The molecule has 0 bridgehead atoms. The number of nitrogens with two attached hydrogens (primary N) is 1. The van der Waals surface area contributed by atoms with E-state index in [4.69, 9.17) is 10.3 Å². The van der Waals surface area contributed by atoms with Gasteiger partial charge >= 0.3 is 0 Å². The monoisotopic (exact) mass is 196 g/mol. The molecule has 5 heteroatoms. The van der Waals surface area contributed by atoms with Crippen LogP contribution in [0.1, 0.15) is 24.6 Å². The molecule has 1 fully saturated rings. The Kier molecular flexibility index (Phi) is 2.79. The Bertz CT molecular complexity index is 299. The molecule has 14 heavy (non-hydrogen) atoms. The van der Waals surface area contributed by atoms with Gasteiger partial charge in [-0.05, 0) is 19.4 Å². The molecule has 1 aromatic rings. The van der Waals surface area contributed by atoms with Crippen molar-refractivity contribution >= 4 is 0 Å². The summed E-state index contributed by atoms with van der Waals surface area (Å²) in [6.07, 6.45) is 2.29. The van der Waals surface area contributed by atoms with Crippen LogP contribution in [0.3, 0.4) is 0 Å². The van der Waals surface area contributed by atoms with Crippen LogP contribution in [-0.2, 0) is 6.54 Å². The Morgan fingerprint density at radius 1 is 1.64 bits per heavy atom. The highest BCUT2D eigenvalue weighted by molar-refractivity contribution is 4.86. The van der Waals surface area contributed by atoms with Crippen molar-refractivity contribution in [3.63, 3.8) is 0 Å². The summed E-state index contributed by atoms with van der Waals surface area (Å²) in [5, 5.41) is 3.87. The van der Waals surface area contributed by atoms with E-state index in [2.05, 4.69) is 15.0 Å². The molecule has 0 aliphatic carbocycles. The Morgan fingerprint density at radius 3 is 3.14 bits per heavy atom.